The first kappa shape index (κ1) is 13.0. The lowest BCUT2D eigenvalue weighted by molar-refractivity contribution is -0.120. The molecule has 2 heterocycles. The summed E-state index contributed by atoms with van der Waals surface area (Å²) in [7, 11) is 0. The molecule has 0 atom stereocenters. The first-order chi connectivity index (χ1) is 10.1. The molecule has 1 aromatic heterocycles. The highest BCUT2D eigenvalue weighted by molar-refractivity contribution is 6.08. The molecule has 2 N–H and O–H groups in total. The molecular formula is C14H11N3O4. The molecule has 7 nitrogen and oxygen atoms in total. The van der Waals surface area contributed by atoms with Gasteiger partial charge in [0.05, 0.1) is 5.56 Å². The molecule has 1 aliphatic rings. The maximum atomic E-state index is 11.8. The number of nitrogens with zero attached hydrogens (tertiary/aromatic N) is 2. The maximum Gasteiger partial charge on any atom is 0.337 e. The number of urea groups is 1. The van der Waals surface area contributed by atoms with Crippen molar-refractivity contribution in [2.24, 2.45) is 0 Å². The van der Waals surface area contributed by atoms with Gasteiger partial charge in [-0.3, -0.25) is 20.0 Å². The number of amides is 3. The fourth-order valence-electron chi connectivity index (χ4n) is 2.31. The molecule has 0 radical (unpaired) electrons. The second kappa shape index (κ2) is 4.86. The Morgan fingerprint density at radius 2 is 2.10 bits per heavy atom. The Labute approximate surface area is 119 Å². The molecule has 1 aliphatic heterocycles. The van der Waals surface area contributed by atoms with Crippen LogP contribution in [0.25, 0.3) is 10.8 Å². The Morgan fingerprint density at radius 3 is 2.81 bits per heavy atom. The minimum Gasteiger partial charge on any atom is -0.478 e. The summed E-state index contributed by atoms with van der Waals surface area (Å²) >= 11 is 0. The highest BCUT2D eigenvalue weighted by Crippen LogP contribution is 2.25. The molecular weight excluding hydrogens is 274 g/mol. The van der Waals surface area contributed by atoms with Gasteiger partial charge in [-0.2, -0.15) is 0 Å². The van der Waals surface area contributed by atoms with E-state index in [1.807, 2.05) is 0 Å². The van der Waals surface area contributed by atoms with Crippen LogP contribution in [0.2, 0.25) is 0 Å². The summed E-state index contributed by atoms with van der Waals surface area (Å²) in [5, 5.41) is 12.5. The van der Waals surface area contributed by atoms with Crippen LogP contribution < -0.4 is 10.2 Å². The summed E-state index contributed by atoms with van der Waals surface area (Å²) in [6.07, 6.45) is 3.06. The highest BCUT2D eigenvalue weighted by Gasteiger charge is 2.24. The number of pyridine rings is 1. The number of nitrogens with one attached hydrogen (secondary N) is 1. The van der Waals surface area contributed by atoms with E-state index in [0.29, 0.717) is 23.0 Å². The number of imide groups is 1. The smallest absolute Gasteiger partial charge is 0.337 e. The number of carboxylic acids is 1. The molecule has 21 heavy (non-hydrogen) atoms. The third-order valence-electron chi connectivity index (χ3n) is 3.34. The van der Waals surface area contributed by atoms with E-state index in [4.69, 9.17) is 5.11 Å². The lowest BCUT2D eigenvalue weighted by atomic mass is 10.1. The number of benzene rings is 1. The Kier molecular flexibility index (Phi) is 3.02. The van der Waals surface area contributed by atoms with Gasteiger partial charge >= 0.3 is 12.0 Å². The zero-order valence-corrected chi connectivity index (χ0v) is 10.9. The molecule has 0 saturated carbocycles. The average molecular weight is 285 g/mol. The molecule has 0 unspecified atom stereocenters. The van der Waals surface area contributed by atoms with Gasteiger partial charge in [-0.25, -0.2) is 9.59 Å². The van der Waals surface area contributed by atoms with Gasteiger partial charge in [0.15, 0.2) is 0 Å². The lowest BCUT2D eigenvalue weighted by Gasteiger charge is -2.26. The van der Waals surface area contributed by atoms with Crippen molar-refractivity contribution in [2.45, 2.75) is 6.42 Å². The van der Waals surface area contributed by atoms with E-state index in [-0.39, 0.29) is 17.9 Å². The molecule has 0 aliphatic carbocycles. The average Bonchev–Trinajstić information content (AvgIpc) is 2.46. The van der Waals surface area contributed by atoms with Crippen LogP contribution in [0, 0.1) is 0 Å². The Bertz CT molecular complexity index is 772. The topological polar surface area (TPSA) is 99.6 Å². The quantitative estimate of drug-likeness (QED) is 0.868. The van der Waals surface area contributed by atoms with Gasteiger partial charge in [-0.15, -0.1) is 0 Å². The van der Waals surface area contributed by atoms with E-state index in [0.717, 1.165) is 0 Å². The largest absolute Gasteiger partial charge is 0.478 e. The molecule has 2 aromatic rings. The standard InChI is InChI=1S/C14H11N3O4/c18-12-3-4-17(14(21)16-12)9-1-2-10-8(5-9)6-15-7-11(10)13(19)20/h1-2,5-7H,3-4H2,(H,19,20)(H,16,18,21). The number of aromatic carboxylic acids is 1. The molecule has 106 valence electrons. The van der Waals surface area contributed by atoms with Gasteiger partial charge in [0.2, 0.25) is 5.91 Å². The molecule has 3 amide bonds. The maximum absolute atomic E-state index is 11.8. The summed E-state index contributed by atoms with van der Waals surface area (Å²) in [6, 6.07) is 4.50. The summed E-state index contributed by atoms with van der Waals surface area (Å²) in [5.74, 6) is -1.35. The molecule has 1 aromatic carbocycles. The van der Waals surface area contributed by atoms with Crippen LogP contribution >= 0.6 is 0 Å². The van der Waals surface area contributed by atoms with Crippen molar-refractivity contribution in [1.29, 1.82) is 0 Å². The van der Waals surface area contributed by atoms with E-state index < -0.39 is 12.0 Å². The van der Waals surface area contributed by atoms with Crippen LogP contribution in [-0.2, 0) is 4.79 Å². The summed E-state index contributed by atoms with van der Waals surface area (Å²) < 4.78 is 0. The summed E-state index contributed by atoms with van der Waals surface area (Å²) in [6.45, 7) is 0.294. The Morgan fingerprint density at radius 1 is 1.29 bits per heavy atom. The van der Waals surface area contributed by atoms with Gasteiger partial charge in [-0.1, -0.05) is 6.07 Å². The van der Waals surface area contributed by atoms with Crippen molar-refractivity contribution < 1.29 is 19.5 Å². The number of aromatic nitrogens is 1. The minimum absolute atomic E-state index is 0.109. The molecule has 0 bridgehead atoms. The first-order valence-electron chi connectivity index (χ1n) is 6.28. The minimum atomic E-state index is -1.05. The van der Waals surface area contributed by atoms with Gasteiger partial charge in [-0.05, 0) is 17.5 Å². The van der Waals surface area contributed by atoms with Gasteiger partial charge in [0.25, 0.3) is 0 Å². The molecule has 0 spiro atoms. The van der Waals surface area contributed by atoms with Crippen molar-refractivity contribution in [3.05, 3.63) is 36.2 Å². The summed E-state index contributed by atoms with van der Waals surface area (Å²) in [5.41, 5.74) is 0.703. The van der Waals surface area contributed by atoms with Crippen LogP contribution in [0.15, 0.2) is 30.6 Å². The monoisotopic (exact) mass is 285 g/mol. The van der Waals surface area contributed by atoms with Gasteiger partial charge in [0.1, 0.15) is 0 Å². The van der Waals surface area contributed by atoms with Crippen molar-refractivity contribution in [2.75, 3.05) is 11.4 Å². The first-order valence-corrected chi connectivity index (χ1v) is 6.28. The zero-order chi connectivity index (χ0) is 15.0. The van der Waals surface area contributed by atoms with Crippen molar-refractivity contribution in [3.63, 3.8) is 0 Å². The van der Waals surface area contributed by atoms with Gasteiger partial charge in [0, 0.05) is 36.4 Å². The van der Waals surface area contributed by atoms with Crippen LogP contribution in [0.5, 0.6) is 0 Å². The number of carboxylic acid groups (broad SMARTS) is 1. The summed E-state index contributed by atoms with van der Waals surface area (Å²) in [4.78, 5) is 39.4. The predicted molar refractivity (Wildman–Crippen MR) is 74.2 cm³/mol. The number of fused-ring (bicyclic) bond motifs is 1. The van der Waals surface area contributed by atoms with E-state index >= 15 is 0 Å². The number of rotatable bonds is 2. The lowest BCUT2D eigenvalue weighted by Crippen LogP contribution is -2.49. The number of anilines is 1. The predicted octanol–water partition coefficient (Wildman–Crippen LogP) is 1.38. The fourth-order valence-corrected chi connectivity index (χ4v) is 2.31. The molecule has 7 heteroatoms. The third-order valence-corrected chi connectivity index (χ3v) is 3.34. The molecule has 3 rings (SSSR count). The second-order valence-corrected chi connectivity index (χ2v) is 4.65. The molecule has 1 fully saturated rings. The van der Waals surface area contributed by atoms with Crippen LogP contribution in [0.3, 0.4) is 0 Å². The Balaban J connectivity index is 2.04. The highest BCUT2D eigenvalue weighted by atomic mass is 16.4. The third kappa shape index (κ3) is 2.29. The van der Waals surface area contributed by atoms with E-state index in [2.05, 4.69) is 10.3 Å². The SMILES string of the molecule is O=C1CCN(c2ccc3c(C(=O)O)cncc3c2)C(=O)N1. The normalized spacial score (nSPS) is 15.1. The second-order valence-electron chi connectivity index (χ2n) is 4.65. The van der Waals surface area contributed by atoms with Crippen molar-refractivity contribution in [3.8, 4) is 0 Å². The van der Waals surface area contributed by atoms with Crippen molar-refractivity contribution >= 4 is 34.4 Å². The zero-order valence-electron chi connectivity index (χ0n) is 10.9. The number of hydrogen-bond donors (Lipinski definition) is 2. The van der Waals surface area contributed by atoms with E-state index in [9.17, 15) is 14.4 Å². The van der Waals surface area contributed by atoms with Crippen molar-refractivity contribution in [1.82, 2.24) is 10.3 Å². The molecule has 1 saturated heterocycles. The van der Waals surface area contributed by atoms with Crippen LogP contribution in [0.4, 0.5) is 10.5 Å². The van der Waals surface area contributed by atoms with Crippen LogP contribution in [0.1, 0.15) is 16.8 Å². The van der Waals surface area contributed by atoms with E-state index in [1.54, 1.807) is 18.2 Å². The number of hydrogen-bond acceptors (Lipinski definition) is 4. The number of carbonyl (C=O) groups excluding carboxylic acids is 2. The van der Waals surface area contributed by atoms with Gasteiger partial charge < -0.3 is 5.11 Å². The van der Waals surface area contributed by atoms with Crippen LogP contribution in [-0.4, -0.2) is 34.5 Å². The fraction of sp³-hybridized carbons (Fsp3) is 0.143. The number of carbonyl (C=O) groups is 3. The van der Waals surface area contributed by atoms with E-state index in [1.165, 1.54) is 17.3 Å². The Hall–Kier alpha value is -2.96.